The summed E-state index contributed by atoms with van der Waals surface area (Å²) in [5.74, 6) is -1.04. The fourth-order valence-corrected chi connectivity index (χ4v) is 3.13. The lowest BCUT2D eigenvalue weighted by Gasteiger charge is -2.15. The van der Waals surface area contributed by atoms with Gasteiger partial charge in [0.25, 0.3) is 0 Å². The van der Waals surface area contributed by atoms with Crippen LogP contribution in [0.15, 0.2) is 40.5 Å². The first-order valence-electron chi connectivity index (χ1n) is 10.4. The Morgan fingerprint density at radius 2 is 2.03 bits per heavy atom. The third-order valence-corrected chi connectivity index (χ3v) is 5.10. The molecule has 0 fully saturated rings. The summed E-state index contributed by atoms with van der Waals surface area (Å²) in [6, 6.07) is 5.62. The number of rotatable bonds is 12. The Balaban J connectivity index is 2.25. The molecule has 190 valence electrons. The quantitative estimate of drug-likeness (QED) is 0.313. The Morgan fingerprint density at radius 3 is 2.69 bits per heavy atom. The van der Waals surface area contributed by atoms with Crippen molar-refractivity contribution in [3.63, 3.8) is 0 Å². The number of carbonyl (C=O) groups excluding carboxylic acids is 1. The number of ether oxygens (including phenoxy) is 4. The van der Waals surface area contributed by atoms with Gasteiger partial charge < -0.3 is 24.7 Å². The standard InChI is InChI=1S/C23H25Cl2F2N3O5/c1-4-32-20(31)12-35-23-14(6-5-7-30-23)10-34-19-8-15(17(27)9-16(19)24)22(28)21(25)18(29-3)11-33-13(2)26/h5-9,13H,4,10-12,28H2,1-3H3. The van der Waals surface area contributed by atoms with E-state index in [9.17, 15) is 13.6 Å². The molecule has 8 nitrogen and oxygen atoms in total. The average molecular weight is 532 g/mol. The molecular weight excluding hydrogens is 507 g/mol. The van der Waals surface area contributed by atoms with Crippen molar-refractivity contribution in [3.8, 4) is 11.6 Å². The summed E-state index contributed by atoms with van der Waals surface area (Å²) >= 11 is 12.4. The number of halogens is 4. The highest BCUT2D eigenvalue weighted by atomic mass is 35.5. The van der Waals surface area contributed by atoms with Crippen LogP contribution in [0, 0.1) is 5.82 Å². The fourth-order valence-electron chi connectivity index (χ4n) is 2.69. The van der Waals surface area contributed by atoms with E-state index < -0.39 is 18.1 Å². The van der Waals surface area contributed by atoms with Gasteiger partial charge in [0.2, 0.25) is 5.88 Å². The molecule has 0 saturated carbocycles. The molecule has 0 amide bonds. The number of hydrogen-bond acceptors (Lipinski definition) is 8. The van der Waals surface area contributed by atoms with Crippen LogP contribution in [0.2, 0.25) is 5.02 Å². The highest BCUT2D eigenvalue weighted by Gasteiger charge is 2.18. The number of carbonyl (C=O) groups is 1. The Morgan fingerprint density at radius 1 is 1.29 bits per heavy atom. The van der Waals surface area contributed by atoms with Crippen LogP contribution in [-0.2, 0) is 20.9 Å². The first-order valence-corrected chi connectivity index (χ1v) is 11.1. The highest BCUT2D eigenvalue weighted by Crippen LogP contribution is 2.32. The van der Waals surface area contributed by atoms with E-state index in [2.05, 4.69) is 9.98 Å². The maximum absolute atomic E-state index is 14.7. The second-order valence-electron chi connectivity index (χ2n) is 6.86. The minimum Gasteiger partial charge on any atom is -0.487 e. The molecule has 2 aromatic rings. The van der Waals surface area contributed by atoms with Crippen molar-refractivity contribution in [2.24, 2.45) is 10.7 Å². The first kappa shape index (κ1) is 28.3. The van der Waals surface area contributed by atoms with Crippen molar-refractivity contribution in [1.82, 2.24) is 4.98 Å². The molecule has 0 radical (unpaired) electrons. The first-order chi connectivity index (χ1) is 16.7. The van der Waals surface area contributed by atoms with Crippen LogP contribution < -0.4 is 15.2 Å². The Labute approximate surface area is 211 Å². The van der Waals surface area contributed by atoms with E-state index in [1.165, 1.54) is 26.2 Å². The summed E-state index contributed by atoms with van der Waals surface area (Å²) in [6.07, 6.45) is -0.0656. The number of pyridine rings is 1. The Bertz CT molecular complexity index is 1100. The summed E-state index contributed by atoms with van der Waals surface area (Å²) in [5.41, 5.74) is 6.43. The molecule has 1 aromatic heterocycles. The number of benzene rings is 1. The molecule has 0 aliphatic heterocycles. The van der Waals surface area contributed by atoms with Crippen LogP contribution in [-0.4, -0.2) is 49.9 Å². The molecule has 1 aromatic carbocycles. The molecule has 1 atom stereocenters. The zero-order valence-electron chi connectivity index (χ0n) is 19.3. The largest absolute Gasteiger partial charge is 0.487 e. The van der Waals surface area contributed by atoms with Gasteiger partial charge >= 0.3 is 5.97 Å². The van der Waals surface area contributed by atoms with Crippen molar-refractivity contribution >= 4 is 40.6 Å². The molecule has 0 saturated heterocycles. The van der Waals surface area contributed by atoms with Gasteiger partial charge in [0.05, 0.1) is 40.2 Å². The van der Waals surface area contributed by atoms with E-state index in [0.29, 0.717) is 5.56 Å². The van der Waals surface area contributed by atoms with Gasteiger partial charge in [-0.3, -0.25) is 4.99 Å². The number of alkyl halides is 1. The number of nitrogens with zero attached hydrogens (tertiary/aromatic N) is 2. The Kier molecular flexibility index (Phi) is 11.2. The van der Waals surface area contributed by atoms with E-state index in [-0.39, 0.29) is 65.1 Å². The molecule has 1 heterocycles. The third kappa shape index (κ3) is 8.34. The summed E-state index contributed by atoms with van der Waals surface area (Å²) in [5, 5.41) is -0.130. The SMILES string of the molecule is CCOC(=O)COc1ncccc1COc1cc(C(N)=C(Cl)C(COC(C)F)=NC)c(F)cc1Cl. The van der Waals surface area contributed by atoms with Crippen molar-refractivity contribution in [3.05, 3.63) is 57.5 Å². The normalized spacial score (nSPS) is 13.2. The van der Waals surface area contributed by atoms with Gasteiger partial charge in [0.1, 0.15) is 18.2 Å². The summed E-state index contributed by atoms with van der Waals surface area (Å²) in [4.78, 5) is 19.6. The zero-order chi connectivity index (χ0) is 26.0. The van der Waals surface area contributed by atoms with Crippen LogP contribution >= 0.6 is 23.2 Å². The topological polar surface area (TPSA) is 105 Å². The van der Waals surface area contributed by atoms with Crippen LogP contribution in [0.3, 0.4) is 0 Å². The van der Waals surface area contributed by atoms with Gasteiger partial charge in [0, 0.05) is 18.8 Å². The smallest absolute Gasteiger partial charge is 0.344 e. The molecule has 0 aliphatic rings. The highest BCUT2D eigenvalue weighted by molar-refractivity contribution is 6.46. The predicted molar refractivity (Wildman–Crippen MR) is 129 cm³/mol. The van der Waals surface area contributed by atoms with Gasteiger partial charge in [-0.05, 0) is 38.1 Å². The molecule has 0 bridgehead atoms. The number of hydrogen-bond donors (Lipinski definition) is 1. The summed E-state index contributed by atoms with van der Waals surface area (Å²) < 4.78 is 48.5. The predicted octanol–water partition coefficient (Wildman–Crippen LogP) is 4.66. The van der Waals surface area contributed by atoms with Crippen LogP contribution in [0.25, 0.3) is 5.70 Å². The second-order valence-corrected chi connectivity index (χ2v) is 7.65. The fraction of sp³-hybridized carbons (Fsp3) is 0.348. The lowest BCUT2D eigenvalue weighted by molar-refractivity contribution is -0.145. The van der Waals surface area contributed by atoms with Gasteiger partial charge in [-0.1, -0.05) is 23.2 Å². The monoisotopic (exact) mass is 531 g/mol. The van der Waals surface area contributed by atoms with Gasteiger partial charge in [-0.15, -0.1) is 0 Å². The number of aromatic nitrogens is 1. The minimum atomic E-state index is -1.55. The van der Waals surface area contributed by atoms with E-state index in [1.54, 1.807) is 19.1 Å². The van der Waals surface area contributed by atoms with Gasteiger partial charge in [0.15, 0.2) is 13.0 Å². The number of esters is 1. The van der Waals surface area contributed by atoms with Crippen LogP contribution in [0.5, 0.6) is 11.6 Å². The summed E-state index contributed by atoms with van der Waals surface area (Å²) in [6.45, 7) is 2.44. The molecule has 12 heteroatoms. The molecule has 0 spiro atoms. The van der Waals surface area contributed by atoms with E-state index in [0.717, 1.165) is 6.07 Å². The molecular formula is C23H25Cl2F2N3O5. The van der Waals surface area contributed by atoms with Crippen molar-refractivity contribution in [1.29, 1.82) is 0 Å². The molecule has 35 heavy (non-hydrogen) atoms. The van der Waals surface area contributed by atoms with Gasteiger partial charge in [-0.2, -0.15) is 0 Å². The summed E-state index contributed by atoms with van der Waals surface area (Å²) in [7, 11) is 1.42. The van der Waals surface area contributed by atoms with Crippen molar-refractivity contribution < 1.29 is 32.5 Å². The van der Waals surface area contributed by atoms with E-state index >= 15 is 0 Å². The minimum absolute atomic E-state index is 0.0213. The van der Waals surface area contributed by atoms with E-state index in [4.69, 9.17) is 47.9 Å². The molecule has 0 aliphatic carbocycles. The second kappa shape index (κ2) is 13.8. The molecule has 2 rings (SSSR count). The molecule has 1 unspecified atom stereocenters. The lowest BCUT2D eigenvalue weighted by Crippen LogP contribution is -2.16. The van der Waals surface area contributed by atoms with Crippen LogP contribution in [0.1, 0.15) is 25.0 Å². The zero-order valence-corrected chi connectivity index (χ0v) is 20.8. The van der Waals surface area contributed by atoms with Crippen LogP contribution in [0.4, 0.5) is 8.78 Å². The van der Waals surface area contributed by atoms with Crippen molar-refractivity contribution in [2.75, 3.05) is 26.9 Å². The molecule has 2 N–H and O–H groups in total. The Hall–Kier alpha value is -2.95. The average Bonchev–Trinajstić information content (AvgIpc) is 2.82. The lowest BCUT2D eigenvalue weighted by atomic mass is 10.1. The number of nitrogens with two attached hydrogens (primary N) is 1. The third-order valence-electron chi connectivity index (χ3n) is 4.39. The maximum Gasteiger partial charge on any atom is 0.344 e. The van der Waals surface area contributed by atoms with Crippen molar-refractivity contribution in [2.45, 2.75) is 26.8 Å². The number of aliphatic imine (C=N–C) groups is 1. The van der Waals surface area contributed by atoms with Gasteiger partial charge in [-0.25, -0.2) is 18.6 Å². The van der Waals surface area contributed by atoms with E-state index in [1.807, 2.05) is 0 Å². The maximum atomic E-state index is 14.7.